The third-order valence-corrected chi connectivity index (χ3v) is 9.22. The molecular weight excluding hydrogens is 523 g/mol. The number of anilines is 4. The van der Waals surface area contributed by atoms with Crippen LogP contribution in [0.5, 0.6) is 0 Å². The zero-order chi connectivity index (χ0) is 27.1. The Morgan fingerprint density at radius 3 is 2.15 bits per heavy atom. The van der Waals surface area contributed by atoms with Crippen molar-refractivity contribution in [1.29, 1.82) is 0 Å². The molecule has 3 aliphatic heterocycles. The van der Waals surface area contributed by atoms with Crippen molar-refractivity contribution in [2.75, 3.05) is 50.9 Å². The lowest BCUT2D eigenvalue weighted by molar-refractivity contribution is -0.404. The van der Waals surface area contributed by atoms with Crippen LogP contribution in [0.3, 0.4) is 0 Å². The van der Waals surface area contributed by atoms with Gasteiger partial charge in [0.25, 0.3) is 5.84 Å². The molecule has 0 atom stereocenters. The summed E-state index contributed by atoms with van der Waals surface area (Å²) < 4.78 is 2.03. The molecule has 2 aromatic carbocycles. The van der Waals surface area contributed by atoms with E-state index in [9.17, 15) is 0 Å². The number of piperazine rings is 1. The minimum Gasteiger partial charge on any atom is -0.353 e. The first-order valence-corrected chi connectivity index (χ1v) is 14.8. The highest BCUT2D eigenvalue weighted by Gasteiger charge is 2.26. The highest BCUT2D eigenvalue weighted by atomic mass is 32.1. The van der Waals surface area contributed by atoms with Crippen molar-refractivity contribution in [3.8, 4) is 0 Å². The Labute approximate surface area is 237 Å². The molecule has 1 fully saturated rings. The highest BCUT2D eigenvalue weighted by Crippen LogP contribution is 2.39. The van der Waals surface area contributed by atoms with Crippen molar-refractivity contribution >= 4 is 67.1 Å². The summed E-state index contributed by atoms with van der Waals surface area (Å²) in [5.41, 5.74) is 12.9. The number of benzene rings is 2. The molecule has 0 radical (unpaired) electrons. The molecule has 0 unspecified atom stereocenters. The van der Waals surface area contributed by atoms with Crippen LogP contribution in [0.4, 0.5) is 32.8 Å². The number of fused-ring (bicyclic) bond motifs is 4. The minimum atomic E-state index is 0.793. The molecule has 39 heavy (non-hydrogen) atoms. The second kappa shape index (κ2) is 10.5. The zero-order valence-electron chi connectivity index (χ0n) is 22.8. The molecule has 1 saturated heterocycles. The van der Waals surface area contributed by atoms with Gasteiger partial charge in [0.15, 0.2) is 5.69 Å². The van der Waals surface area contributed by atoms with E-state index in [-0.39, 0.29) is 0 Å². The van der Waals surface area contributed by atoms with E-state index in [4.69, 9.17) is 10.7 Å². The fraction of sp³-hybridized carbons (Fsp3) is 0.267. The van der Waals surface area contributed by atoms with Crippen LogP contribution in [-0.2, 0) is 0 Å². The van der Waals surface area contributed by atoms with E-state index in [0.29, 0.717) is 0 Å². The number of likely N-dealkylation sites (N-methyl/N-ethyl adjacent to an activating group) is 1. The van der Waals surface area contributed by atoms with Gasteiger partial charge in [-0.05, 0) is 57.3 Å². The highest BCUT2D eigenvalue weighted by molar-refractivity contribution is 7.17. The number of hydrogen-bond acceptors (Lipinski definition) is 8. The normalized spacial score (nSPS) is 16.2. The smallest absolute Gasteiger partial charge is 0.283 e. The number of aryl methyl sites for hydroxylation is 2. The van der Waals surface area contributed by atoms with Crippen molar-refractivity contribution < 1.29 is 4.58 Å². The maximum absolute atomic E-state index is 6.23. The van der Waals surface area contributed by atoms with Gasteiger partial charge < -0.3 is 20.4 Å². The summed E-state index contributed by atoms with van der Waals surface area (Å²) >= 11 is 3.54. The SMILES string of the molecule is Cc1cc2c(s1)Nc1ccccc1N=C2N1CCN(C)CC1.Cc1cc2c(s1)Nc1ccccc1[N+](C)=C2N. The average molecular weight is 557 g/mol. The van der Waals surface area contributed by atoms with Gasteiger partial charge in [-0.3, -0.25) is 5.73 Å². The number of amidine groups is 2. The average Bonchev–Trinajstić information content (AvgIpc) is 3.42. The van der Waals surface area contributed by atoms with Crippen LogP contribution < -0.4 is 16.4 Å². The van der Waals surface area contributed by atoms with Gasteiger partial charge in [-0.1, -0.05) is 24.3 Å². The number of para-hydroxylation sites is 4. The molecule has 7 rings (SSSR count). The van der Waals surface area contributed by atoms with Gasteiger partial charge in [-0.15, -0.1) is 22.7 Å². The molecule has 0 amide bonds. The molecule has 7 nitrogen and oxygen atoms in total. The first kappa shape index (κ1) is 25.6. The fourth-order valence-electron chi connectivity index (χ4n) is 5.11. The van der Waals surface area contributed by atoms with Crippen LogP contribution in [-0.4, -0.2) is 66.3 Å². The number of hydrogen-bond donors (Lipinski definition) is 3. The second-order valence-electron chi connectivity index (χ2n) is 10.2. The Morgan fingerprint density at radius 1 is 0.821 bits per heavy atom. The minimum absolute atomic E-state index is 0.793. The molecule has 5 heterocycles. The summed E-state index contributed by atoms with van der Waals surface area (Å²) in [5, 5.41) is 9.36. The summed E-state index contributed by atoms with van der Waals surface area (Å²) in [5.74, 6) is 1.91. The number of nitrogens with one attached hydrogen (secondary N) is 2. The van der Waals surface area contributed by atoms with Crippen LogP contribution in [0.25, 0.3) is 0 Å². The number of nitrogens with two attached hydrogens (primary N) is 1. The third-order valence-electron chi connectivity index (χ3n) is 7.28. The van der Waals surface area contributed by atoms with Crippen molar-refractivity contribution in [3.05, 3.63) is 81.5 Å². The Morgan fingerprint density at radius 2 is 1.41 bits per heavy atom. The van der Waals surface area contributed by atoms with Gasteiger partial charge >= 0.3 is 0 Å². The number of rotatable bonds is 0. The molecule has 9 heteroatoms. The lowest BCUT2D eigenvalue weighted by atomic mass is 10.2. The molecule has 0 saturated carbocycles. The predicted molar refractivity (Wildman–Crippen MR) is 167 cm³/mol. The molecule has 0 bridgehead atoms. The van der Waals surface area contributed by atoms with Crippen molar-refractivity contribution in [1.82, 2.24) is 9.80 Å². The van der Waals surface area contributed by atoms with E-state index in [1.807, 2.05) is 23.8 Å². The Hall–Kier alpha value is -3.66. The molecule has 4 N–H and O–H groups in total. The summed E-state index contributed by atoms with van der Waals surface area (Å²) in [7, 11) is 4.18. The predicted octanol–water partition coefficient (Wildman–Crippen LogP) is 6.23. The first-order chi connectivity index (χ1) is 18.9. The van der Waals surface area contributed by atoms with Crippen LogP contribution in [0, 0.1) is 13.8 Å². The monoisotopic (exact) mass is 556 g/mol. The van der Waals surface area contributed by atoms with E-state index < -0.39 is 0 Å². The van der Waals surface area contributed by atoms with Gasteiger partial charge in [-0.25, -0.2) is 9.57 Å². The van der Waals surface area contributed by atoms with Crippen LogP contribution >= 0.6 is 22.7 Å². The molecular formula is C30H34N7S2+. The summed E-state index contributed by atoms with van der Waals surface area (Å²) in [4.78, 5) is 12.4. The summed E-state index contributed by atoms with van der Waals surface area (Å²) in [6.07, 6.45) is 0. The largest absolute Gasteiger partial charge is 0.353 e. The lowest BCUT2D eigenvalue weighted by Gasteiger charge is -2.34. The molecule has 2 aromatic heterocycles. The van der Waals surface area contributed by atoms with Gasteiger partial charge in [-0.2, -0.15) is 0 Å². The number of thiophene rings is 2. The Kier molecular flexibility index (Phi) is 6.88. The lowest BCUT2D eigenvalue weighted by Crippen LogP contribution is -2.47. The van der Waals surface area contributed by atoms with Gasteiger partial charge in [0.05, 0.1) is 35.2 Å². The van der Waals surface area contributed by atoms with Crippen LogP contribution in [0.2, 0.25) is 0 Å². The third kappa shape index (κ3) is 5.05. The Bertz CT molecular complexity index is 1590. The maximum atomic E-state index is 6.23. The van der Waals surface area contributed by atoms with E-state index in [2.05, 4.69) is 89.9 Å². The summed E-state index contributed by atoms with van der Waals surface area (Å²) in [6.45, 7) is 8.51. The molecule has 4 aromatic rings. The zero-order valence-corrected chi connectivity index (χ0v) is 24.4. The van der Waals surface area contributed by atoms with E-state index >= 15 is 0 Å². The standard InChI is InChI=1S/C17H20N4S.C13H13N3S/c1-12-11-13-16(21-9-7-20(2)8-10-21)18-14-5-3-4-6-15(14)19-17(13)22-12;1-8-7-9-12(14)16(2)11-6-4-3-5-10(11)15-13(9)17-8/h3-6,11,19H,7-10H2,1-2H3;3-7H,1-2H3,(H2,14,15)/p+1. The molecule has 0 aliphatic carbocycles. The summed E-state index contributed by atoms with van der Waals surface area (Å²) in [6, 6.07) is 20.9. The van der Waals surface area contributed by atoms with Crippen molar-refractivity contribution in [2.24, 2.45) is 10.7 Å². The van der Waals surface area contributed by atoms with Crippen LogP contribution in [0.15, 0.2) is 65.7 Å². The van der Waals surface area contributed by atoms with E-state index in [0.717, 1.165) is 71.2 Å². The van der Waals surface area contributed by atoms with Crippen LogP contribution in [0.1, 0.15) is 20.9 Å². The first-order valence-electron chi connectivity index (χ1n) is 13.2. The van der Waals surface area contributed by atoms with Gasteiger partial charge in [0.1, 0.15) is 15.8 Å². The molecule has 3 aliphatic rings. The molecule has 200 valence electrons. The number of nitrogens with zero attached hydrogens (tertiary/aromatic N) is 4. The van der Waals surface area contributed by atoms with Gasteiger partial charge in [0.2, 0.25) is 0 Å². The van der Waals surface area contributed by atoms with E-state index in [1.165, 1.54) is 20.3 Å². The van der Waals surface area contributed by atoms with Gasteiger partial charge in [0, 0.05) is 35.9 Å². The fourth-order valence-corrected chi connectivity index (χ4v) is 6.96. The second-order valence-corrected chi connectivity index (χ2v) is 12.7. The quantitative estimate of drug-likeness (QED) is 0.224. The Balaban J connectivity index is 0.000000147. The maximum Gasteiger partial charge on any atom is 0.283 e. The number of aliphatic imine (C=N–C) groups is 1. The molecule has 0 spiro atoms. The van der Waals surface area contributed by atoms with Crippen molar-refractivity contribution in [2.45, 2.75) is 13.8 Å². The topological polar surface area (TPSA) is 71.9 Å². The van der Waals surface area contributed by atoms with E-state index in [1.54, 1.807) is 22.7 Å². The van der Waals surface area contributed by atoms with Crippen molar-refractivity contribution in [3.63, 3.8) is 0 Å².